The highest BCUT2D eigenvalue weighted by Gasteiger charge is 2.47. The summed E-state index contributed by atoms with van der Waals surface area (Å²) >= 11 is 0. The van der Waals surface area contributed by atoms with Gasteiger partial charge in [-0.15, -0.1) is 0 Å². The summed E-state index contributed by atoms with van der Waals surface area (Å²) in [6, 6.07) is 10.7. The van der Waals surface area contributed by atoms with Crippen LogP contribution in [0.3, 0.4) is 0 Å². The zero-order valence-corrected chi connectivity index (χ0v) is 18.9. The van der Waals surface area contributed by atoms with Crippen molar-refractivity contribution in [2.45, 2.75) is 50.1 Å². The van der Waals surface area contributed by atoms with Crippen molar-refractivity contribution in [3.63, 3.8) is 0 Å². The third-order valence-electron chi connectivity index (χ3n) is 6.49. The maximum atomic E-state index is 13.2. The Balaban J connectivity index is 1.39. The van der Waals surface area contributed by atoms with Gasteiger partial charge in [0.15, 0.2) is 0 Å². The number of sulfonamides is 1. The Hall–Kier alpha value is -2.98. The van der Waals surface area contributed by atoms with E-state index in [-0.39, 0.29) is 12.3 Å². The minimum Gasteiger partial charge on any atom is -0.361 e. The summed E-state index contributed by atoms with van der Waals surface area (Å²) in [7, 11) is -3.59. The Bertz CT molecular complexity index is 1270. The Morgan fingerprint density at radius 2 is 1.88 bits per heavy atom. The maximum absolute atomic E-state index is 13.2. The van der Waals surface area contributed by atoms with Crippen LogP contribution in [0.2, 0.25) is 0 Å². The number of anilines is 1. The average molecular weight is 456 g/mol. The second-order valence-electron chi connectivity index (χ2n) is 8.58. The molecule has 1 aromatic carbocycles. The third kappa shape index (κ3) is 3.34. The molecule has 0 atom stereocenters. The van der Waals surface area contributed by atoms with Gasteiger partial charge < -0.3 is 4.52 Å². The summed E-state index contributed by atoms with van der Waals surface area (Å²) in [6.45, 7) is 4.61. The molecule has 0 radical (unpaired) electrons. The number of aryl methyl sites for hydroxylation is 2. The molecule has 9 nitrogen and oxygen atoms in total. The first-order valence-corrected chi connectivity index (χ1v) is 12.1. The van der Waals surface area contributed by atoms with E-state index in [9.17, 15) is 13.2 Å². The molecule has 2 aliphatic heterocycles. The standard InChI is InChI=1S/C22H25N5O4S/c1-16-5-3-4-6-19(16)32(29,30)25-11-8-22(9-12-25)14-21(28)26(20-7-10-23-27(20)22)15-18-13-17(2)31-24-18/h3-7,10,13H,8-9,11-12,14-15H2,1-2H3. The minimum absolute atomic E-state index is 0.0196. The van der Waals surface area contributed by atoms with Crippen LogP contribution in [-0.4, -0.2) is 46.7 Å². The summed E-state index contributed by atoms with van der Waals surface area (Å²) in [5, 5.41) is 8.54. The molecule has 1 spiro atoms. The van der Waals surface area contributed by atoms with Gasteiger partial charge in [-0.2, -0.15) is 9.40 Å². The van der Waals surface area contributed by atoms with Crippen LogP contribution in [0.15, 0.2) is 52.0 Å². The van der Waals surface area contributed by atoms with Crippen LogP contribution in [0.1, 0.15) is 36.3 Å². The van der Waals surface area contributed by atoms with Crippen molar-refractivity contribution in [2.24, 2.45) is 0 Å². The van der Waals surface area contributed by atoms with Gasteiger partial charge in [-0.3, -0.25) is 9.69 Å². The molecule has 1 amide bonds. The predicted molar refractivity (Wildman–Crippen MR) is 116 cm³/mol. The van der Waals surface area contributed by atoms with Crippen molar-refractivity contribution in [3.05, 3.63) is 59.6 Å². The van der Waals surface area contributed by atoms with Gasteiger partial charge in [0.2, 0.25) is 15.9 Å². The van der Waals surface area contributed by atoms with Crippen LogP contribution in [0.4, 0.5) is 5.82 Å². The van der Waals surface area contributed by atoms with Crippen LogP contribution in [0, 0.1) is 13.8 Å². The molecule has 168 valence electrons. The van der Waals surface area contributed by atoms with Crippen LogP contribution in [-0.2, 0) is 26.9 Å². The summed E-state index contributed by atoms with van der Waals surface area (Å²) < 4.78 is 35.0. The predicted octanol–water partition coefficient (Wildman–Crippen LogP) is 2.60. The number of carbonyl (C=O) groups excluding carboxylic acids is 1. The molecule has 3 aromatic rings. The molecule has 1 fully saturated rings. The number of hydrogen-bond donors (Lipinski definition) is 0. The molecule has 0 N–H and O–H groups in total. The molecule has 1 saturated heterocycles. The van der Waals surface area contributed by atoms with Crippen LogP contribution in [0.25, 0.3) is 0 Å². The van der Waals surface area contributed by atoms with Crippen molar-refractivity contribution in [2.75, 3.05) is 18.0 Å². The van der Waals surface area contributed by atoms with Crippen molar-refractivity contribution >= 4 is 21.7 Å². The second kappa shape index (κ2) is 7.56. The van der Waals surface area contributed by atoms with Crippen molar-refractivity contribution in [3.8, 4) is 0 Å². The molecule has 10 heteroatoms. The van der Waals surface area contributed by atoms with Crippen LogP contribution >= 0.6 is 0 Å². The van der Waals surface area contributed by atoms with Crippen LogP contribution < -0.4 is 4.90 Å². The van der Waals surface area contributed by atoms with E-state index in [1.165, 1.54) is 4.31 Å². The van der Waals surface area contributed by atoms with E-state index in [4.69, 9.17) is 4.52 Å². The lowest BCUT2D eigenvalue weighted by molar-refractivity contribution is -0.122. The topological polar surface area (TPSA) is 102 Å². The van der Waals surface area contributed by atoms with Crippen molar-refractivity contribution in [1.29, 1.82) is 0 Å². The molecule has 0 unspecified atom stereocenters. The van der Waals surface area contributed by atoms with E-state index in [0.717, 1.165) is 5.56 Å². The Morgan fingerprint density at radius 1 is 1.12 bits per heavy atom. The summed E-state index contributed by atoms with van der Waals surface area (Å²) in [5.74, 6) is 1.38. The van der Waals surface area contributed by atoms with E-state index in [1.807, 2.05) is 29.8 Å². The minimum atomic E-state index is -3.59. The quantitative estimate of drug-likeness (QED) is 0.599. The lowest BCUT2D eigenvalue weighted by Gasteiger charge is -2.46. The highest BCUT2D eigenvalue weighted by molar-refractivity contribution is 7.89. The average Bonchev–Trinajstić information content (AvgIpc) is 3.41. The summed E-state index contributed by atoms with van der Waals surface area (Å²) in [4.78, 5) is 15.2. The van der Waals surface area contributed by atoms with Crippen molar-refractivity contribution < 1.29 is 17.7 Å². The van der Waals surface area contributed by atoms with Gasteiger partial charge in [0, 0.05) is 25.2 Å². The molecule has 0 saturated carbocycles. The second-order valence-corrected chi connectivity index (χ2v) is 10.5. The number of carbonyl (C=O) groups is 1. The highest BCUT2D eigenvalue weighted by Crippen LogP contribution is 2.42. The van der Waals surface area contributed by atoms with Gasteiger partial charge in [0.1, 0.15) is 17.3 Å². The van der Waals surface area contributed by atoms with Crippen LogP contribution in [0.5, 0.6) is 0 Å². The fourth-order valence-corrected chi connectivity index (χ4v) is 6.45. The number of hydrogen-bond acceptors (Lipinski definition) is 6. The Labute approximate surface area is 186 Å². The largest absolute Gasteiger partial charge is 0.361 e. The lowest BCUT2D eigenvalue weighted by atomic mass is 9.83. The van der Waals surface area contributed by atoms with Gasteiger partial charge in [-0.25, -0.2) is 13.1 Å². The van der Waals surface area contributed by atoms with Crippen molar-refractivity contribution in [1.82, 2.24) is 19.2 Å². The molecule has 0 bridgehead atoms. The van der Waals surface area contributed by atoms with E-state index < -0.39 is 15.6 Å². The van der Waals surface area contributed by atoms with Gasteiger partial charge in [-0.1, -0.05) is 23.4 Å². The van der Waals surface area contributed by atoms with E-state index in [1.54, 1.807) is 36.2 Å². The smallest absolute Gasteiger partial charge is 0.243 e. The third-order valence-corrected chi connectivity index (χ3v) is 8.55. The molecular formula is C22H25N5O4S. The monoisotopic (exact) mass is 455 g/mol. The van der Waals surface area contributed by atoms with Gasteiger partial charge >= 0.3 is 0 Å². The zero-order chi connectivity index (χ0) is 22.5. The first-order chi connectivity index (χ1) is 15.3. The van der Waals surface area contributed by atoms with E-state index in [2.05, 4.69) is 10.3 Å². The molecule has 0 aliphatic carbocycles. The lowest BCUT2D eigenvalue weighted by Crippen LogP contribution is -2.54. The fourth-order valence-electron chi connectivity index (χ4n) is 4.79. The fraction of sp³-hybridized carbons (Fsp3) is 0.409. The van der Waals surface area contributed by atoms with E-state index >= 15 is 0 Å². The summed E-state index contributed by atoms with van der Waals surface area (Å²) in [6.07, 6.45) is 3.01. The highest BCUT2D eigenvalue weighted by atomic mass is 32.2. The number of benzene rings is 1. The molecule has 4 heterocycles. The van der Waals surface area contributed by atoms with Gasteiger partial charge in [-0.05, 0) is 38.3 Å². The number of amides is 1. The first kappa shape index (κ1) is 20.9. The summed E-state index contributed by atoms with van der Waals surface area (Å²) in [5.41, 5.74) is 0.886. The first-order valence-electron chi connectivity index (χ1n) is 10.6. The molecule has 2 aromatic heterocycles. The number of aromatic nitrogens is 3. The Kier molecular flexibility index (Phi) is 4.94. The molecule has 2 aliphatic rings. The normalized spacial score (nSPS) is 18.8. The molecule has 5 rings (SSSR count). The van der Waals surface area contributed by atoms with Gasteiger partial charge in [0.05, 0.1) is 29.6 Å². The number of rotatable bonds is 4. The SMILES string of the molecule is Cc1cc(CN2C(=O)CC3(CCN(S(=O)(=O)c4ccccc4C)CC3)n3nccc32)no1. The number of piperidine rings is 1. The van der Waals surface area contributed by atoms with Gasteiger partial charge in [0.25, 0.3) is 0 Å². The molecular weight excluding hydrogens is 430 g/mol. The Morgan fingerprint density at radius 3 is 2.56 bits per heavy atom. The number of fused-ring (bicyclic) bond motifs is 2. The number of nitrogens with zero attached hydrogens (tertiary/aromatic N) is 5. The maximum Gasteiger partial charge on any atom is 0.243 e. The van der Waals surface area contributed by atoms with E-state index in [0.29, 0.717) is 54.6 Å². The zero-order valence-electron chi connectivity index (χ0n) is 18.1. The molecule has 32 heavy (non-hydrogen) atoms.